The predicted octanol–water partition coefficient (Wildman–Crippen LogP) is 3.81. The number of hydrogen-bond donors (Lipinski definition) is 1. The fourth-order valence-corrected chi connectivity index (χ4v) is 3.83. The smallest absolute Gasteiger partial charge is 0.265 e. The highest BCUT2D eigenvalue weighted by Gasteiger charge is 2.15. The highest BCUT2D eigenvalue weighted by molar-refractivity contribution is 7.18. The van der Waals surface area contributed by atoms with Crippen LogP contribution in [-0.2, 0) is 20.0 Å². The number of aromatic nitrogens is 3. The molecule has 0 bridgehead atoms. The molecule has 0 aliphatic rings. The molecule has 0 atom stereocenters. The lowest BCUT2D eigenvalue weighted by Gasteiger charge is -2.11. The van der Waals surface area contributed by atoms with Gasteiger partial charge in [0.1, 0.15) is 4.34 Å². The van der Waals surface area contributed by atoms with Crippen LogP contribution in [0, 0.1) is 0 Å². The maximum absolute atomic E-state index is 12.6. The molecule has 0 radical (unpaired) electrons. The molecule has 1 amide bonds. The molecule has 0 unspecified atom stereocenters. The quantitative estimate of drug-likeness (QED) is 0.694. The van der Waals surface area contributed by atoms with Gasteiger partial charge in [-0.15, -0.1) is 11.3 Å². The lowest BCUT2D eigenvalue weighted by molar-refractivity contribution is 0.103. The van der Waals surface area contributed by atoms with Gasteiger partial charge in [-0.2, -0.15) is 5.10 Å². The molecule has 3 rings (SSSR count). The highest BCUT2D eigenvalue weighted by Crippen LogP contribution is 2.32. The molecule has 0 saturated carbocycles. The lowest BCUT2D eigenvalue weighted by atomic mass is 10.1. The average Bonchev–Trinajstić information content (AvgIpc) is 3.16. The number of carbonyl (C=O) groups excluding carboxylic acids is 1. The van der Waals surface area contributed by atoms with Crippen LogP contribution in [0.25, 0.3) is 0 Å². The van der Waals surface area contributed by atoms with E-state index in [0.29, 0.717) is 38.5 Å². The third-order valence-electron chi connectivity index (χ3n) is 3.78. The number of anilines is 1. The van der Waals surface area contributed by atoms with Gasteiger partial charge < -0.3 is 9.88 Å². The van der Waals surface area contributed by atoms with Gasteiger partial charge in [-0.25, -0.2) is 0 Å². The van der Waals surface area contributed by atoms with Gasteiger partial charge in [0, 0.05) is 38.0 Å². The van der Waals surface area contributed by atoms with Crippen LogP contribution in [-0.4, -0.2) is 20.3 Å². The number of thiophene rings is 1. The standard InChI is InChI=1S/C17H16Cl2N4O2S/c1-3-23-9-12(21-16(24)14-6-13(18)15(19)26-14)5-11(17(23)25)4-10-7-20-22(2)8-10/h5-9H,3-4H2,1-2H3,(H,21,24). The van der Waals surface area contributed by atoms with Crippen molar-refractivity contribution in [2.24, 2.45) is 7.05 Å². The number of aryl methyl sites for hydroxylation is 2. The Hall–Kier alpha value is -2.09. The summed E-state index contributed by atoms with van der Waals surface area (Å²) in [7, 11) is 1.82. The van der Waals surface area contributed by atoms with Gasteiger partial charge >= 0.3 is 0 Å². The van der Waals surface area contributed by atoms with Crippen molar-refractivity contribution in [2.45, 2.75) is 19.9 Å². The van der Waals surface area contributed by atoms with E-state index in [1.807, 2.05) is 20.2 Å². The van der Waals surface area contributed by atoms with Crippen LogP contribution in [0.4, 0.5) is 5.69 Å². The summed E-state index contributed by atoms with van der Waals surface area (Å²) in [5.41, 5.74) is 1.96. The van der Waals surface area contributed by atoms with E-state index in [9.17, 15) is 9.59 Å². The molecule has 6 nitrogen and oxygen atoms in total. The molecule has 3 aromatic rings. The topological polar surface area (TPSA) is 68.9 Å². The Kier molecular flexibility index (Phi) is 5.50. The molecule has 9 heteroatoms. The number of rotatable bonds is 5. The van der Waals surface area contributed by atoms with Crippen LogP contribution in [0.15, 0.2) is 35.5 Å². The molecule has 0 saturated heterocycles. The zero-order valence-electron chi connectivity index (χ0n) is 14.1. The molecule has 3 aromatic heterocycles. The molecular weight excluding hydrogens is 395 g/mol. The van der Waals surface area contributed by atoms with Crippen molar-refractivity contribution in [2.75, 3.05) is 5.32 Å². The zero-order valence-corrected chi connectivity index (χ0v) is 16.5. The number of carbonyl (C=O) groups is 1. The van der Waals surface area contributed by atoms with E-state index in [4.69, 9.17) is 23.2 Å². The Morgan fingerprint density at radius 2 is 2.08 bits per heavy atom. The van der Waals surface area contributed by atoms with Gasteiger partial charge in [-0.3, -0.25) is 14.3 Å². The van der Waals surface area contributed by atoms with E-state index in [0.717, 1.165) is 16.9 Å². The van der Waals surface area contributed by atoms with Gasteiger partial charge in [-0.1, -0.05) is 23.2 Å². The first-order valence-corrected chi connectivity index (χ1v) is 9.41. The molecule has 1 N–H and O–H groups in total. The SMILES string of the molecule is CCn1cc(NC(=O)c2cc(Cl)c(Cl)s2)cc(Cc2cnn(C)c2)c1=O. The van der Waals surface area contributed by atoms with Crippen LogP contribution < -0.4 is 10.9 Å². The molecule has 0 spiro atoms. The summed E-state index contributed by atoms with van der Waals surface area (Å²) in [5.74, 6) is -0.322. The second kappa shape index (κ2) is 7.65. The maximum atomic E-state index is 12.6. The summed E-state index contributed by atoms with van der Waals surface area (Å²) < 4.78 is 3.62. The number of nitrogens with zero attached hydrogens (tertiary/aromatic N) is 3. The third kappa shape index (κ3) is 4.00. The van der Waals surface area contributed by atoms with Crippen molar-refractivity contribution >= 4 is 46.1 Å². The molecule has 26 heavy (non-hydrogen) atoms. The Bertz CT molecular complexity index is 1000. The van der Waals surface area contributed by atoms with Gasteiger partial charge in [-0.05, 0) is 24.6 Å². The van der Waals surface area contributed by atoms with E-state index in [1.165, 1.54) is 6.07 Å². The molecule has 0 aliphatic heterocycles. The van der Waals surface area contributed by atoms with Crippen molar-refractivity contribution in [3.8, 4) is 0 Å². The predicted molar refractivity (Wildman–Crippen MR) is 105 cm³/mol. The summed E-state index contributed by atoms with van der Waals surface area (Å²) in [6, 6.07) is 3.21. The third-order valence-corrected chi connectivity index (χ3v) is 5.64. The fourth-order valence-electron chi connectivity index (χ4n) is 2.56. The molecule has 0 aliphatic carbocycles. The van der Waals surface area contributed by atoms with Crippen LogP contribution in [0.5, 0.6) is 0 Å². The Balaban J connectivity index is 1.90. The minimum atomic E-state index is -0.322. The molecule has 0 aromatic carbocycles. The van der Waals surface area contributed by atoms with E-state index >= 15 is 0 Å². The summed E-state index contributed by atoms with van der Waals surface area (Å²) in [6.07, 6.45) is 5.64. The van der Waals surface area contributed by atoms with Crippen LogP contribution in [0.3, 0.4) is 0 Å². The normalized spacial score (nSPS) is 10.9. The van der Waals surface area contributed by atoms with Gasteiger partial charge in [0.05, 0.1) is 21.8 Å². The number of pyridine rings is 1. The first kappa shape index (κ1) is 18.7. The second-order valence-corrected chi connectivity index (χ2v) is 7.79. The monoisotopic (exact) mass is 410 g/mol. The van der Waals surface area contributed by atoms with Crippen molar-refractivity contribution in [3.63, 3.8) is 0 Å². The van der Waals surface area contributed by atoms with Crippen molar-refractivity contribution in [1.29, 1.82) is 0 Å². The number of halogens is 2. The Morgan fingerprint density at radius 3 is 2.65 bits per heavy atom. The molecule has 3 heterocycles. The molecule has 136 valence electrons. The van der Waals surface area contributed by atoms with E-state index in [1.54, 1.807) is 27.7 Å². The maximum Gasteiger partial charge on any atom is 0.265 e. The minimum absolute atomic E-state index is 0.0865. The zero-order chi connectivity index (χ0) is 18.8. The number of hydrogen-bond acceptors (Lipinski definition) is 4. The van der Waals surface area contributed by atoms with Gasteiger partial charge in [0.2, 0.25) is 0 Å². The van der Waals surface area contributed by atoms with E-state index < -0.39 is 0 Å². The van der Waals surface area contributed by atoms with Crippen LogP contribution >= 0.6 is 34.5 Å². The fraction of sp³-hybridized carbons (Fsp3) is 0.235. The lowest BCUT2D eigenvalue weighted by Crippen LogP contribution is -2.24. The van der Waals surface area contributed by atoms with Crippen LogP contribution in [0.1, 0.15) is 27.7 Å². The van der Waals surface area contributed by atoms with E-state index in [-0.39, 0.29) is 11.5 Å². The summed E-state index contributed by atoms with van der Waals surface area (Å²) >= 11 is 12.9. The largest absolute Gasteiger partial charge is 0.320 e. The first-order valence-electron chi connectivity index (χ1n) is 7.84. The van der Waals surface area contributed by atoms with E-state index in [2.05, 4.69) is 10.4 Å². The second-order valence-electron chi connectivity index (χ2n) is 5.73. The van der Waals surface area contributed by atoms with Gasteiger partial charge in [0.15, 0.2) is 0 Å². The highest BCUT2D eigenvalue weighted by atomic mass is 35.5. The molecule has 0 fully saturated rings. The number of amides is 1. The summed E-state index contributed by atoms with van der Waals surface area (Å²) in [4.78, 5) is 25.4. The first-order chi connectivity index (χ1) is 12.4. The molecular formula is C17H16Cl2N4O2S. The number of nitrogens with one attached hydrogen (secondary N) is 1. The summed E-state index contributed by atoms with van der Waals surface area (Å²) in [5, 5.41) is 7.27. The van der Waals surface area contributed by atoms with Gasteiger partial charge in [0.25, 0.3) is 11.5 Å². The Morgan fingerprint density at radius 1 is 1.31 bits per heavy atom. The van der Waals surface area contributed by atoms with Crippen molar-refractivity contribution in [3.05, 3.63) is 66.4 Å². The average molecular weight is 411 g/mol. The van der Waals surface area contributed by atoms with Crippen molar-refractivity contribution in [1.82, 2.24) is 14.3 Å². The minimum Gasteiger partial charge on any atom is -0.320 e. The van der Waals surface area contributed by atoms with Crippen LogP contribution in [0.2, 0.25) is 9.36 Å². The summed E-state index contributed by atoms with van der Waals surface area (Å²) in [6.45, 7) is 2.37. The Labute approximate surface area is 164 Å². The van der Waals surface area contributed by atoms with Crippen molar-refractivity contribution < 1.29 is 4.79 Å².